The molecule has 1 fully saturated rings. The predicted octanol–water partition coefficient (Wildman–Crippen LogP) is -0.0695. The summed E-state index contributed by atoms with van der Waals surface area (Å²) in [7, 11) is 0. The maximum atomic E-state index is 10.1. The van der Waals surface area contributed by atoms with Crippen LogP contribution >= 0.6 is 0 Å². The summed E-state index contributed by atoms with van der Waals surface area (Å²) < 4.78 is 0. The third-order valence-electron chi connectivity index (χ3n) is 2.17. The lowest BCUT2D eigenvalue weighted by Gasteiger charge is -2.33. The van der Waals surface area contributed by atoms with E-state index in [1.54, 1.807) is 0 Å². The standard InChI is InChI=1S/C8H16N2O2/c9-6-4-7(5-6)10-3-1-2-8(11)12/h6-7,10H,1-5,9H2,(H,11,12). The molecule has 0 spiro atoms. The van der Waals surface area contributed by atoms with Gasteiger partial charge in [0.1, 0.15) is 0 Å². The summed E-state index contributed by atoms with van der Waals surface area (Å²) in [5.41, 5.74) is 5.59. The molecule has 4 N–H and O–H groups in total. The number of nitrogens with two attached hydrogens (primary N) is 1. The van der Waals surface area contributed by atoms with Gasteiger partial charge in [0.15, 0.2) is 0 Å². The number of carboxylic acids is 1. The average molecular weight is 172 g/mol. The lowest BCUT2D eigenvalue weighted by molar-refractivity contribution is -0.137. The molecule has 0 aromatic rings. The Bertz CT molecular complexity index is 155. The Balaban J connectivity index is 1.87. The van der Waals surface area contributed by atoms with Crippen molar-refractivity contribution in [1.82, 2.24) is 5.32 Å². The molecule has 0 bridgehead atoms. The number of carboxylic acid groups (broad SMARTS) is 1. The van der Waals surface area contributed by atoms with E-state index in [9.17, 15) is 4.79 Å². The molecular formula is C8H16N2O2. The van der Waals surface area contributed by atoms with Crippen LogP contribution in [0.5, 0.6) is 0 Å². The fourth-order valence-corrected chi connectivity index (χ4v) is 1.37. The van der Waals surface area contributed by atoms with Crippen molar-refractivity contribution in [1.29, 1.82) is 0 Å². The van der Waals surface area contributed by atoms with E-state index in [-0.39, 0.29) is 6.42 Å². The van der Waals surface area contributed by atoms with Crippen LogP contribution in [0.15, 0.2) is 0 Å². The Morgan fingerprint density at radius 2 is 2.25 bits per heavy atom. The second-order valence-corrected chi connectivity index (χ2v) is 3.38. The highest BCUT2D eigenvalue weighted by atomic mass is 16.4. The van der Waals surface area contributed by atoms with Gasteiger partial charge in [0.05, 0.1) is 0 Å². The second kappa shape index (κ2) is 4.42. The summed E-state index contributed by atoms with van der Waals surface area (Å²) in [5, 5.41) is 11.6. The van der Waals surface area contributed by atoms with Gasteiger partial charge in [0, 0.05) is 18.5 Å². The van der Waals surface area contributed by atoms with Crippen molar-refractivity contribution >= 4 is 5.97 Å². The minimum atomic E-state index is -0.720. The maximum Gasteiger partial charge on any atom is 0.303 e. The van der Waals surface area contributed by atoms with Crippen molar-refractivity contribution in [3.8, 4) is 0 Å². The zero-order valence-corrected chi connectivity index (χ0v) is 7.12. The number of hydrogen-bond acceptors (Lipinski definition) is 3. The van der Waals surface area contributed by atoms with Gasteiger partial charge < -0.3 is 16.2 Å². The van der Waals surface area contributed by atoms with E-state index in [1.807, 2.05) is 0 Å². The van der Waals surface area contributed by atoms with Crippen LogP contribution in [0, 0.1) is 0 Å². The summed E-state index contributed by atoms with van der Waals surface area (Å²) in [4.78, 5) is 10.1. The summed E-state index contributed by atoms with van der Waals surface area (Å²) in [6.07, 6.45) is 3.03. The van der Waals surface area contributed by atoms with Crippen LogP contribution in [-0.4, -0.2) is 29.7 Å². The van der Waals surface area contributed by atoms with Crippen LogP contribution in [0.25, 0.3) is 0 Å². The smallest absolute Gasteiger partial charge is 0.303 e. The minimum Gasteiger partial charge on any atom is -0.481 e. The first kappa shape index (κ1) is 9.48. The molecule has 0 aliphatic heterocycles. The molecule has 0 saturated heterocycles. The van der Waals surface area contributed by atoms with Crippen LogP contribution < -0.4 is 11.1 Å². The molecular weight excluding hydrogens is 156 g/mol. The molecule has 1 aliphatic rings. The number of rotatable bonds is 5. The van der Waals surface area contributed by atoms with Gasteiger partial charge in [-0.1, -0.05) is 0 Å². The SMILES string of the molecule is NC1CC(NCCCC(=O)O)C1. The number of hydrogen-bond donors (Lipinski definition) is 3. The van der Waals surface area contributed by atoms with E-state index in [1.165, 1.54) is 0 Å². The van der Waals surface area contributed by atoms with Crippen molar-refractivity contribution < 1.29 is 9.90 Å². The zero-order valence-electron chi connectivity index (χ0n) is 7.12. The van der Waals surface area contributed by atoms with Crippen molar-refractivity contribution in [2.75, 3.05) is 6.54 Å². The molecule has 70 valence electrons. The van der Waals surface area contributed by atoms with Crippen LogP contribution in [0.1, 0.15) is 25.7 Å². The van der Waals surface area contributed by atoms with Gasteiger partial charge in [-0.15, -0.1) is 0 Å². The first-order valence-electron chi connectivity index (χ1n) is 4.39. The van der Waals surface area contributed by atoms with Gasteiger partial charge in [-0.05, 0) is 25.8 Å². The van der Waals surface area contributed by atoms with Crippen molar-refractivity contribution in [3.63, 3.8) is 0 Å². The van der Waals surface area contributed by atoms with E-state index in [2.05, 4.69) is 5.32 Å². The molecule has 0 unspecified atom stereocenters. The van der Waals surface area contributed by atoms with Gasteiger partial charge in [0.25, 0.3) is 0 Å². The Morgan fingerprint density at radius 3 is 2.75 bits per heavy atom. The predicted molar refractivity (Wildman–Crippen MR) is 45.9 cm³/mol. The fourth-order valence-electron chi connectivity index (χ4n) is 1.37. The Kier molecular flexibility index (Phi) is 3.49. The fraction of sp³-hybridized carbons (Fsp3) is 0.875. The van der Waals surface area contributed by atoms with E-state index in [4.69, 9.17) is 10.8 Å². The van der Waals surface area contributed by atoms with Crippen molar-refractivity contribution in [2.24, 2.45) is 5.73 Å². The van der Waals surface area contributed by atoms with Gasteiger partial charge in [-0.25, -0.2) is 0 Å². The molecule has 4 heteroatoms. The molecule has 4 nitrogen and oxygen atoms in total. The number of aliphatic carboxylic acids is 1. The quantitative estimate of drug-likeness (QED) is 0.507. The second-order valence-electron chi connectivity index (χ2n) is 3.38. The van der Waals surface area contributed by atoms with Crippen molar-refractivity contribution in [2.45, 2.75) is 37.8 Å². The molecule has 0 aromatic heterocycles. The lowest BCUT2D eigenvalue weighted by Crippen LogP contribution is -2.48. The average Bonchev–Trinajstić information content (AvgIpc) is 1.93. The highest BCUT2D eigenvalue weighted by Crippen LogP contribution is 2.16. The Hall–Kier alpha value is -0.610. The normalized spacial score (nSPS) is 28.1. The Morgan fingerprint density at radius 1 is 1.58 bits per heavy atom. The number of carbonyl (C=O) groups is 1. The topological polar surface area (TPSA) is 75.3 Å². The summed E-state index contributed by atoms with van der Waals surface area (Å²) >= 11 is 0. The minimum absolute atomic E-state index is 0.256. The van der Waals surface area contributed by atoms with Crippen LogP contribution in [0.3, 0.4) is 0 Å². The van der Waals surface area contributed by atoms with E-state index in [0.717, 1.165) is 19.4 Å². The highest BCUT2D eigenvalue weighted by Gasteiger charge is 2.24. The van der Waals surface area contributed by atoms with Gasteiger partial charge in [-0.3, -0.25) is 4.79 Å². The molecule has 0 atom stereocenters. The first-order chi connectivity index (χ1) is 5.68. The third kappa shape index (κ3) is 3.19. The van der Waals surface area contributed by atoms with E-state index in [0.29, 0.717) is 18.5 Å². The van der Waals surface area contributed by atoms with Crippen LogP contribution in [0.2, 0.25) is 0 Å². The van der Waals surface area contributed by atoms with Crippen LogP contribution in [-0.2, 0) is 4.79 Å². The first-order valence-corrected chi connectivity index (χ1v) is 4.39. The largest absolute Gasteiger partial charge is 0.481 e. The summed E-state index contributed by atoms with van der Waals surface area (Å²) in [6, 6.07) is 0.899. The monoisotopic (exact) mass is 172 g/mol. The molecule has 1 rings (SSSR count). The molecule has 0 radical (unpaired) electrons. The molecule has 0 aromatic carbocycles. The van der Waals surface area contributed by atoms with Gasteiger partial charge in [-0.2, -0.15) is 0 Å². The molecule has 12 heavy (non-hydrogen) atoms. The third-order valence-corrected chi connectivity index (χ3v) is 2.17. The molecule has 1 saturated carbocycles. The maximum absolute atomic E-state index is 10.1. The van der Waals surface area contributed by atoms with Crippen molar-refractivity contribution in [3.05, 3.63) is 0 Å². The van der Waals surface area contributed by atoms with Crippen LogP contribution in [0.4, 0.5) is 0 Å². The molecule has 1 aliphatic carbocycles. The highest BCUT2D eigenvalue weighted by molar-refractivity contribution is 5.66. The zero-order chi connectivity index (χ0) is 8.97. The van der Waals surface area contributed by atoms with E-state index < -0.39 is 5.97 Å². The number of nitrogens with one attached hydrogen (secondary N) is 1. The van der Waals surface area contributed by atoms with Gasteiger partial charge in [0.2, 0.25) is 0 Å². The molecule has 0 amide bonds. The molecule has 0 heterocycles. The van der Waals surface area contributed by atoms with Gasteiger partial charge >= 0.3 is 5.97 Å². The summed E-state index contributed by atoms with van der Waals surface area (Å²) in [5.74, 6) is -0.720. The van der Waals surface area contributed by atoms with E-state index >= 15 is 0 Å². The summed E-state index contributed by atoms with van der Waals surface area (Å²) in [6.45, 7) is 0.795. The lowest BCUT2D eigenvalue weighted by atomic mass is 9.87. The Labute approximate surface area is 72.1 Å².